The van der Waals surface area contributed by atoms with Crippen LogP contribution in [0.4, 0.5) is 10.1 Å². The summed E-state index contributed by atoms with van der Waals surface area (Å²) < 4.78 is 39.8. The summed E-state index contributed by atoms with van der Waals surface area (Å²) in [5.41, 5.74) is 1.10. The Labute approximate surface area is 168 Å². The monoisotopic (exact) mass is 425 g/mol. The summed E-state index contributed by atoms with van der Waals surface area (Å²) in [5, 5.41) is 2.48. The molecule has 0 bridgehead atoms. The summed E-state index contributed by atoms with van der Waals surface area (Å²) in [6.07, 6.45) is 1.99. The van der Waals surface area contributed by atoms with Crippen LogP contribution in [0.15, 0.2) is 53.4 Å². The van der Waals surface area contributed by atoms with Gasteiger partial charge in [-0.25, -0.2) is 17.5 Å². The third-order valence-corrected chi connectivity index (χ3v) is 6.31. The highest BCUT2D eigenvalue weighted by Crippen LogP contribution is 2.24. The van der Waals surface area contributed by atoms with Gasteiger partial charge in [0.15, 0.2) is 0 Å². The lowest BCUT2D eigenvalue weighted by Crippen LogP contribution is -2.43. The molecule has 1 atom stereocenters. The highest BCUT2D eigenvalue weighted by molar-refractivity contribution is 7.89. The molecule has 9 heteroatoms. The Morgan fingerprint density at radius 1 is 1.21 bits per heavy atom. The summed E-state index contributed by atoms with van der Waals surface area (Å²) in [4.78, 5) is 14.1. The van der Waals surface area contributed by atoms with Gasteiger partial charge < -0.3 is 10.2 Å². The number of carbonyl (C=O) groups excluding carboxylic acids is 1. The minimum absolute atomic E-state index is 0.166. The number of anilines is 1. The topological polar surface area (TPSA) is 78.5 Å². The molecule has 3 rings (SSSR count). The summed E-state index contributed by atoms with van der Waals surface area (Å²) in [6, 6.07) is 13.2. The molecule has 1 aliphatic rings. The largest absolute Gasteiger partial charge is 0.367 e. The van der Waals surface area contributed by atoms with Crippen LogP contribution in [0, 0.1) is 5.82 Å². The van der Waals surface area contributed by atoms with Crippen molar-refractivity contribution in [2.75, 3.05) is 24.5 Å². The Kier molecular flexibility index (Phi) is 6.53. The maximum Gasteiger partial charge on any atom is 0.241 e. The van der Waals surface area contributed by atoms with Crippen molar-refractivity contribution in [1.82, 2.24) is 10.0 Å². The van der Waals surface area contributed by atoms with Crippen LogP contribution in [0.5, 0.6) is 0 Å². The minimum atomic E-state index is -3.96. The number of hydrogen-bond acceptors (Lipinski definition) is 4. The van der Waals surface area contributed by atoms with Crippen molar-refractivity contribution in [3.8, 4) is 0 Å². The number of hydrogen-bond donors (Lipinski definition) is 2. The Morgan fingerprint density at radius 3 is 2.68 bits per heavy atom. The molecule has 0 spiro atoms. The van der Waals surface area contributed by atoms with Crippen molar-refractivity contribution in [3.63, 3.8) is 0 Å². The maximum atomic E-state index is 13.2. The Hall–Kier alpha value is -2.16. The first kappa shape index (κ1) is 20.6. The predicted octanol–water partition coefficient (Wildman–Crippen LogP) is 2.54. The quantitative estimate of drug-likeness (QED) is 0.714. The van der Waals surface area contributed by atoms with Gasteiger partial charge in [0.2, 0.25) is 15.9 Å². The van der Waals surface area contributed by atoms with Crippen molar-refractivity contribution < 1.29 is 17.6 Å². The third kappa shape index (κ3) is 5.01. The number of para-hydroxylation sites is 1. The molecule has 150 valence electrons. The standard InChI is InChI=1S/C19H21ClFN3O3S/c20-17-11-16(8-9-18(17)21)28(26,27)23-13-19(25)22-12-15-7-4-10-24(15)14-5-2-1-3-6-14/h1-3,5-6,8-9,11,15,23H,4,7,10,12-13H2,(H,22,25). The molecule has 1 aliphatic heterocycles. The first-order valence-electron chi connectivity index (χ1n) is 8.90. The molecule has 2 aromatic rings. The lowest BCUT2D eigenvalue weighted by molar-refractivity contribution is -0.120. The molecule has 28 heavy (non-hydrogen) atoms. The van der Waals surface area contributed by atoms with Gasteiger partial charge in [-0.3, -0.25) is 4.79 Å². The van der Waals surface area contributed by atoms with E-state index in [-0.39, 0.29) is 16.0 Å². The van der Waals surface area contributed by atoms with E-state index in [2.05, 4.69) is 14.9 Å². The number of rotatable bonds is 7. The van der Waals surface area contributed by atoms with Crippen LogP contribution in [0.1, 0.15) is 12.8 Å². The van der Waals surface area contributed by atoms with E-state index in [1.807, 2.05) is 30.3 Å². The molecule has 2 N–H and O–H groups in total. The number of nitrogens with one attached hydrogen (secondary N) is 2. The zero-order valence-corrected chi connectivity index (χ0v) is 16.6. The van der Waals surface area contributed by atoms with Crippen LogP contribution in [-0.4, -0.2) is 40.0 Å². The average molecular weight is 426 g/mol. The van der Waals surface area contributed by atoms with E-state index in [9.17, 15) is 17.6 Å². The van der Waals surface area contributed by atoms with Gasteiger partial charge in [0.1, 0.15) is 5.82 Å². The van der Waals surface area contributed by atoms with E-state index < -0.39 is 28.3 Å². The number of benzene rings is 2. The highest BCUT2D eigenvalue weighted by atomic mass is 35.5. The van der Waals surface area contributed by atoms with Gasteiger partial charge in [-0.1, -0.05) is 29.8 Å². The second-order valence-electron chi connectivity index (χ2n) is 6.53. The molecule has 0 radical (unpaired) electrons. The first-order chi connectivity index (χ1) is 13.4. The van der Waals surface area contributed by atoms with Crippen molar-refractivity contribution in [2.45, 2.75) is 23.8 Å². The predicted molar refractivity (Wildman–Crippen MR) is 106 cm³/mol. The number of halogens is 2. The second-order valence-corrected chi connectivity index (χ2v) is 8.70. The summed E-state index contributed by atoms with van der Waals surface area (Å²) >= 11 is 5.62. The van der Waals surface area contributed by atoms with Gasteiger partial charge in [-0.15, -0.1) is 0 Å². The van der Waals surface area contributed by atoms with Crippen LogP contribution in [0.3, 0.4) is 0 Å². The Balaban J connectivity index is 1.52. The fraction of sp³-hybridized carbons (Fsp3) is 0.316. The minimum Gasteiger partial charge on any atom is -0.367 e. The van der Waals surface area contributed by atoms with Crippen LogP contribution in [0.25, 0.3) is 0 Å². The average Bonchev–Trinajstić information content (AvgIpc) is 3.16. The molecule has 1 unspecified atom stereocenters. The van der Waals surface area contributed by atoms with Crippen molar-refractivity contribution in [2.24, 2.45) is 0 Å². The zero-order chi connectivity index (χ0) is 20.1. The Morgan fingerprint density at radius 2 is 1.96 bits per heavy atom. The third-order valence-electron chi connectivity index (χ3n) is 4.62. The molecule has 1 amide bonds. The molecule has 0 saturated carbocycles. The summed E-state index contributed by atoms with van der Waals surface area (Å²) in [7, 11) is -3.96. The lowest BCUT2D eigenvalue weighted by atomic mass is 10.2. The molecular weight excluding hydrogens is 405 g/mol. The normalized spacial score (nSPS) is 16.9. The number of carbonyl (C=O) groups is 1. The van der Waals surface area contributed by atoms with Gasteiger partial charge >= 0.3 is 0 Å². The van der Waals surface area contributed by atoms with Gasteiger partial charge in [-0.2, -0.15) is 0 Å². The van der Waals surface area contributed by atoms with E-state index in [1.54, 1.807) is 0 Å². The van der Waals surface area contributed by atoms with Crippen molar-refractivity contribution in [1.29, 1.82) is 0 Å². The van der Waals surface area contributed by atoms with Crippen molar-refractivity contribution in [3.05, 3.63) is 59.4 Å². The van der Waals surface area contributed by atoms with E-state index in [0.717, 1.165) is 43.3 Å². The van der Waals surface area contributed by atoms with Gasteiger partial charge in [0, 0.05) is 24.8 Å². The first-order valence-corrected chi connectivity index (χ1v) is 10.8. The van der Waals surface area contributed by atoms with E-state index >= 15 is 0 Å². The van der Waals surface area contributed by atoms with Crippen LogP contribution < -0.4 is 14.9 Å². The molecular formula is C19H21ClFN3O3S. The van der Waals surface area contributed by atoms with Crippen LogP contribution >= 0.6 is 11.6 Å². The fourth-order valence-corrected chi connectivity index (χ4v) is 4.44. The van der Waals surface area contributed by atoms with Gasteiger partial charge in [-0.05, 0) is 43.2 Å². The van der Waals surface area contributed by atoms with Crippen molar-refractivity contribution >= 4 is 33.2 Å². The SMILES string of the molecule is O=C(CNS(=O)(=O)c1ccc(F)c(Cl)c1)NCC1CCCN1c1ccccc1. The van der Waals surface area contributed by atoms with Gasteiger partial charge in [0.05, 0.1) is 16.5 Å². The van der Waals surface area contributed by atoms with E-state index in [4.69, 9.17) is 11.6 Å². The fourth-order valence-electron chi connectivity index (χ4n) is 3.19. The number of sulfonamides is 1. The molecule has 2 aromatic carbocycles. The van der Waals surface area contributed by atoms with E-state index in [0.29, 0.717) is 6.54 Å². The van der Waals surface area contributed by atoms with Crippen LogP contribution in [0.2, 0.25) is 5.02 Å². The second kappa shape index (κ2) is 8.89. The highest BCUT2D eigenvalue weighted by Gasteiger charge is 2.25. The number of nitrogens with zero attached hydrogens (tertiary/aromatic N) is 1. The van der Waals surface area contributed by atoms with Gasteiger partial charge in [0.25, 0.3) is 0 Å². The lowest BCUT2D eigenvalue weighted by Gasteiger charge is -2.27. The summed E-state index contributed by atoms with van der Waals surface area (Å²) in [6.45, 7) is 0.940. The summed E-state index contributed by atoms with van der Waals surface area (Å²) in [5.74, 6) is -1.14. The molecule has 1 heterocycles. The molecule has 1 fully saturated rings. The smallest absolute Gasteiger partial charge is 0.241 e. The van der Waals surface area contributed by atoms with Crippen LogP contribution in [-0.2, 0) is 14.8 Å². The Bertz CT molecular complexity index is 941. The maximum absolute atomic E-state index is 13.2. The van der Waals surface area contributed by atoms with E-state index in [1.165, 1.54) is 0 Å². The zero-order valence-electron chi connectivity index (χ0n) is 15.1. The number of amides is 1. The molecule has 1 saturated heterocycles. The molecule has 0 aromatic heterocycles. The molecule has 6 nitrogen and oxygen atoms in total. The molecule has 0 aliphatic carbocycles.